The number of rotatable bonds is 6. The van der Waals surface area contributed by atoms with E-state index in [0.29, 0.717) is 17.1 Å². The number of amides is 1. The van der Waals surface area contributed by atoms with E-state index in [-0.39, 0.29) is 6.42 Å². The Morgan fingerprint density at radius 3 is 2.65 bits per heavy atom. The van der Waals surface area contributed by atoms with Crippen molar-refractivity contribution in [2.75, 3.05) is 4.90 Å². The van der Waals surface area contributed by atoms with Crippen molar-refractivity contribution in [3.8, 4) is 0 Å². The summed E-state index contributed by atoms with van der Waals surface area (Å²) in [5, 5.41) is 9.78. The molecule has 0 bridgehead atoms. The molecule has 1 heterocycles. The van der Waals surface area contributed by atoms with Crippen molar-refractivity contribution in [2.45, 2.75) is 19.4 Å². The highest BCUT2D eigenvalue weighted by atomic mass is 32.1. The molecule has 2 rings (SSSR count). The van der Waals surface area contributed by atoms with Gasteiger partial charge in [-0.2, -0.15) is 0 Å². The number of aliphatic carboxylic acids is 1. The first-order valence-corrected chi connectivity index (χ1v) is 6.92. The summed E-state index contributed by atoms with van der Waals surface area (Å²) >= 11 is 1.32. The molecule has 1 unspecified atom stereocenters. The standard InChI is InChI=1S/C14H14N2O3S/c1-10-14(20-8-15-10)16(9-17)12(7-13(18)19)11-5-3-2-4-6-11/h2-6,8-9,12H,7H2,1H3,(H,18,19). The molecule has 104 valence electrons. The monoisotopic (exact) mass is 290 g/mol. The van der Waals surface area contributed by atoms with Crippen LogP contribution in [0.25, 0.3) is 0 Å². The Hall–Kier alpha value is -2.21. The summed E-state index contributed by atoms with van der Waals surface area (Å²) in [6, 6.07) is 8.61. The summed E-state index contributed by atoms with van der Waals surface area (Å²) in [6.07, 6.45) is 0.515. The van der Waals surface area contributed by atoms with Gasteiger partial charge in [-0.1, -0.05) is 30.3 Å². The Morgan fingerprint density at radius 1 is 1.45 bits per heavy atom. The van der Waals surface area contributed by atoms with Gasteiger partial charge in [0, 0.05) is 0 Å². The Kier molecular flexibility index (Phi) is 4.47. The number of hydrogen-bond donors (Lipinski definition) is 1. The topological polar surface area (TPSA) is 70.5 Å². The number of carboxylic acid groups (broad SMARTS) is 1. The fourth-order valence-corrected chi connectivity index (χ4v) is 2.85. The van der Waals surface area contributed by atoms with Gasteiger partial charge in [0.15, 0.2) is 0 Å². The third kappa shape index (κ3) is 3.03. The molecule has 6 heteroatoms. The molecule has 0 saturated carbocycles. The van der Waals surface area contributed by atoms with Gasteiger partial charge in [-0.3, -0.25) is 14.5 Å². The minimum absolute atomic E-state index is 0.153. The number of carbonyl (C=O) groups is 2. The van der Waals surface area contributed by atoms with Gasteiger partial charge in [-0.05, 0) is 12.5 Å². The maximum atomic E-state index is 11.5. The first kappa shape index (κ1) is 14.2. The van der Waals surface area contributed by atoms with Gasteiger partial charge in [-0.15, -0.1) is 11.3 Å². The van der Waals surface area contributed by atoms with Crippen LogP contribution in [0, 0.1) is 6.92 Å². The first-order chi connectivity index (χ1) is 9.63. The molecule has 0 aliphatic rings. The lowest BCUT2D eigenvalue weighted by Crippen LogP contribution is -2.29. The van der Waals surface area contributed by atoms with E-state index in [4.69, 9.17) is 5.11 Å². The summed E-state index contributed by atoms with van der Waals surface area (Å²) in [4.78, 5) is 28.1. The van der Waals surface area contributed by atoms with E-state index >= 15 is 0 Å². The van der Waals surface area contributed by atoms with Crippen molar-refractivity contribution >= 4 is 28.7 Å². The van der Waals surface area contributed by atoms with Crippen LogP contribution in [0.15, 0.2) is 35.8 Å². The van der Waals surface area contributed by atoms with Gasteiger partial charge in [0.2, 0.25) is 6.41 Å². The van der Waals surface area contributed by atoms with E-state index in [1.807, 2.05) is 30.3 Å². The second-order valence-corrected chi connectivity index (χ2v) is 5.11. The molecular formula is C14H14N2O3S. The van der Waals surface area contributed by atoms with Crippen molar-refractivity contribution in [3.63, 3.8) is 0 Å². The number of aryl methyl sites for hydroxylation is 1. The Morgan fingerprint density at radius 2 is 2.15 bits per heavy atom. The molecule has 1 amide bonds. The highest BCUT2D eigenvalue weighted by Gasteiger charge is 2.25. The predicted molar refractivity (Wildman–Crippen MR) is 76.8 cm³/mol. The summed E-state index contributed by atoms with van der Waals surface area (Å²) in [6.45, 7) is 1.80. The minimum Gasteiger partial charge on any atom is -0.481 e. The van der Waals surface area contributed by atoms with Crippen LogP contribution < -0.4 is 4.90 Å². The van der Waals surface area contributed by atoms with Crippen LogP contribution in [0.3, 0.4) is 0 Å². The molecular weight excluding hydrogens is 276 g/mol. The molecule has 0 aliphatic carbocycles. The Balaban J connectivity index is 2.42. The lowest BCUT2D eigenvalue weighted by molar-refractivity contribution is -0.137. The van der Waals surface area contributed by atoms with Crippen LogP contribution in [0.4, 0.5) is 5.00 Å². The summed E-state index contributed by atoms with van der Waals surface area (Å²) < 4.78 is 0. The number of benzene rings is 1. The molecule has 1 aromatic heterocycles. The normalized spacial score (nSPS) is 11.8. The lowest BCUT2D eigenvalue weighted by atomic mass is 10.0. The second kappa shape index (κ2) is 6.29. The average molecular weight is 290 g/mol. The van der Waals surface area contributed by atoms with Crippen molar-refractivity contribution in [3.05, 3.63) is 47.1 Å². The van der Waals surface area contributed by atoms with Gasteiger partial charge in [0.25, 0.3) is 0 Å². The van der Waals surface area contributed by atoms with E-state index in [9.17, 15) is 9.59 Å². The smallest absolute Gasteiger partial charge is 0.305 e. The molecule has 0 fully saturated rings. The first-order valence-electron chi connectivity index (χ1n) is 6.04. The van der Waals surface area contributed by atoms with Crippen LogP contribution in [0.5, 0.6) is 0 Å². The molecule has 1 atom stereocenters. The van der Waals surface area contributed by atoms with Crippen molar-refractivity contribution in [1.29, 1.82) is 0 Å². The van der Waals surface area contributed by atoms with Crippen LogP contribution in [0.2, 0.25) is 0 Å². The van der Waals surface area contributed by atoms with Gasteiger partial charge in [0.05, 0.1) is 23.7 Å². The summed E-state index contributed by atoms with van der Waals surface area (Å²) in [7, 11) is 0. The number of thiazole rings is 1. The second-order valence-electron chi connectivity index (χ2n) is 4.28. The number of anilines is 1. The van der Waals surface area contributed by atoms with E-state index < -0.39 is 12.0 Å². The minimum atomic E-state index is -0.951. The lowest BCUT2D eigenvalue weighted by Gasteiger charge is -2.26. The molecule has 20 heavy (non-hydrogen) atoms. The molecule has 1 N–H and O–H groups in total. The van der Waals surface area contributed by atoms with Crippen molar-refractivity contribution in [1.82, 2.24) is 4.98 Å². The molecule has 0 aliphatic heterocycles. The molecule has 0 spiro atoms. The maximum Gasteiger partial charge on any atom is 0.305 e. The van der Waals surface area contributed by atoms with Gasteiger partial charge in [0.1, 0.15) is 5.00 Å². The quantitative estimate of drug-likeness (QED) is 0.830. The van der Waals surface area contributed by atoms with Crippen LogP contribution in [-0.2, 0) is 9.59 Å². The van der Waals surface area contributed by atoms with Crippen molar-refractivity contribution < 1.29 is 14.7 Å². The third-order valence-electron chi connectivity index (χ3n) is 2.96. The number of carbonyl (C=O) groups excluding carboxylic acids is 1. The van der Waals surface area contributed by atoms with E-state index in [0.717, 1.165) is 5.56 Å². The van der Waals surface area contributed by atoms with Crippen LogP contribution in [-0.4, -0.2) is 22.5 Å². The maximum absolute atomic E-state index is 11.5. The molecule has 2 aromatic rings. The molecule has 0 radical (unpaired) electrons. The molecule has 1 aromatic carbocycles. The number of carboxylic acids is 1. The zero-order chi connectivity index (χ0) is 14.5. The Labute approximate surface area is 120 Å². The summed E-state index contributed by atoms with van der Waals surface area (Å²) in [5.41, 5.74) is 3.15. The van der Waals surface area contributed by atoms with E-state index in [1.54, 1.807) is 12.4 Å². The molecule has 0 saturated heterocycles. The highest BCUT2D eigenvalue weighted by molar-refractivity contribution is 7.14. The van der Waals surface area contributed by atoms with Gasteiger partial charge < -0.3 is 5.11 Å². The highest BCUT2D eigenvalue weighted by Crippen LogP contribution is 2.33. The summed E-state index contributed by atoms with van der Waals surface area (Å²) in [5.74, 6) is -0.951. The Bertz CT molecular complexity index is 597. The zero-order valence-corrected chi connectivity index (χ0v) is 11.7. The van der Waals surface area contributed by atoms with Crippen molar-refractivity contribution in [2.24, 2.45) is 0 Å². The largest absolute Gasteiger partial charge is 0.481 e. The number of aromatic nitrogens is 1. The fraction of sp³-hybridized carbons (Fsp3) is 0.214. The van der Waals surface area contributed by atoms with Gasteiger partial charge >= 0.3 is 5.97 Å². The van der Waals surface area contributed by atoms with Crippen LogP contribution >= 0.6 is 11.3 Å². The number of hydrogen-bond acceptors (Lipinski definition) is 4. The van der Waals surface area contributed by atoms with E-state index in [2.05, 4.69) is 4.98 Å². The molecule has 5 nitrogen and oxygen atoms in total. The third-order valence-corrected chi connectivity index (χ3v) is 3.90. The predicted octanol–water partition coefficient (Wildman–Crippen LogP) is 2.63. The SMILES string of the molecule is Cc1ncsc1N(C=O)C(CC(=O)O)c1ccccc1. The number of nitrogens with zero attached hydrogens (tertiary/aromatic N) is 2. The zero-order valence-electron chi connectivity index (χ0n) is 10.9. The fourth-order valence-electron chi connectivity index (χ4n) is 2.02. The van der Waals surface area contributed by atoms with E-state index in [1.165, 1.54) is 16.2 Å². The van der Waals surface area contributed by atoms with Gasteiger partial charge in [-0.25, -0.2) is 4.98 Å². The van der Waals surface area contributed by atoms with Crippen LogP contribution in [0.1, 0.15) is 23.7 Å². The average Bonchev–Trinajstić information content (AvgIpc) is 2.86.